The number of nitrogens with zero attached hydrogens (tertiary/aromatic N) is 1. The summed E-state index contributed by atoms with van der Waals surface area (Å²) in [5, 5.41) is 9.17. The van der Waals surface area contributed by atoms with Crippen LogP contribution in [0, 0.1) is 18.3 Å². The Labute approximate surface area is 125 Å². The molecule has 2 heteroatoms. The van der Waals surface area contributed by atoms with E-state index in [4.69, 9.17) is 0 Å². The molecule has 2 rings (SSSR count). The molecule has 0 aliphatic heterocycles. The average Bonchev–Trinajstić information content (AvgIpc) is 2.38. The molecule has 0 amide bonds. The molecule has 0 unspecified atom stereocenters. The molecule has 0 fully saturated rings. The van der Waals surface area contributed by atoms with Crippen LogP contribution in [0.25, 0.3) is 0 Å². The summed E-state index contributed by atoms with van der Waals surface area (Å²) in [6.07, 6.45) is 0. The lowest BCUT2D eigenvalue weighted by Crippen LogP contribution is -2.10. The highest BCUT2D eigenvalue weighted by molar-refractivity contribution is 7.99. The van der Waals surface area contributed by atoms with Crippen LogP contribution >= 0.6 is 11.8 Å². The first kappa shape index (κ1) is 14.7. The predicted octanol–water partition coefficient (Wildman–Crippen LogP) is 5.32. The standard InChI is InChI=1S/C18H19NS/c1-13-5-6-14(12-19)17(11-13)20-16-9-7-15(8-10-16)18(2,3)4/h5-11H,1-4H3. The first-order chi connectivity index (χ1) is 9.40. The summed E-state index contributed by atoms with van der Waals surface area (Å²) in [7, 11) is 0. The van der Waals surface area contributed by atoms with E-state index in [0.29, 0.717) is 0 Å². The van der Waals surface area contributed by atoms with Gasteiger partial charge in [0.2, 0.25) is 0 Å². The maximum atomic E-state index is 9.17. The molecular formula is C18H19NS. The Morgan fingerprint density at radius 1 is 1.00 bits per heavy atom. The third kappa shape index (κ3) is 3.43. The highest BCUT2D eigenvalue weighted by atomic mass is 32.2. The lowest BCUT2D eigenvalue weighted by Gasteiger charge is -2.19. The van der Waals surface area contributed by atoms with Crippen LogP contribution in [0.4, 0.5) is 0 Å². The Kier molecular flexibility index (Phi) is 4.20. The van der Waals surface area contributed by atoms with Gasteiger partial charge in [0, 0.05) is 9.79 Å². The van der Waals surface area contributed by atoms with Gasteiger partial charge >= 0.3 is 0 Å². The summed E-state index contributed by atoms with van der Waals surface area (Å²) < 4.78 is 0. The zero-order chi connectivity index (χ0) is 14.8. The topological polar surface area (TPSA) is 23.8 Å². The van der Waals surface area contributed by atoms with E-state index in [1.807, 2.05) is 19.1 Å². The first-order valence-electron chi connectivity index (χ1n) is 6.69. The molecule has 0 aromatic heterocycles. The van der Waals surface area contributed by atoms with E-state index in [0.717, 1.165) is 10.5 Å². The summed E-state index contributed by atoms with van der Waals surface area (Å²) in [6, 6.07) is 16.8. The lowest BCUT2D eigenvalue weighted by molar-refractivity contribution is 0.590. The van der Waals surface area contributed by atoms with Gasteiger partial charge in [-0.2, -0.15) is 5.26 Å². The molecule has 0 spiro atoms. The van der Waals surface area contributed by atoms with E-state index in [1.165, 1.54) is 16.0 Å². The fourth-order valence-electron chi connectivity index (χ4n) is 1.96. The van der Waals surface area contributed by atoms with Crippen LogP contribution in [0.1, 0.15) is 37.5 Å². The molecule has 20 heavy (non-hydrogen) atoms. The molecule has 0 aliphatic rings. The van der Waals surface area contributed by atoms with Crippen LogP contribution in [0.2, 0.25) is 0 Å². The van der Waals surface area contributed by atoms with Crippen molar-refractivity contribution in [3.05, 3.63) is 59.2 Å². The van der Waals surface area contributed by atoms with E-state index in [2.05, 4.69) is 57.2 Å². The number of hydrogen-bond acceptors (Lipinski definition) is 2. The van der Waals surface area contributed by atoms with Crippen LogP contribution in [-0.4, -0.2) is 0 Å². The molecule has 0 bridgehead atoms. The molecule has 0 saturated carbocycles. The maximum absolute atomic E-state index is 9.17. The zero-order valence-corrected chi connectivity index (χ0v) is 13.2. The number of aryl methyl sites for hydroxylation is 1. The normalized spacial score (nSPS) is 11.2. The predicted molar refractivity (Wildman–Crippen MR) is 85.2 cm³/mol. The Morgan fingerprint density at radius 2 is 1.65 bits per heavy atom. The number of nitriles is 1. The summed E-state index contributed by atoms with van der Waals surface area (Å²) >= 11 is 1.65. The van der Waals surface area contributed by atoms with Gasteiger partial charge in [-0.1, -0.05) is 50.7 Å². The van der Waals surface area contributed by atoms with Gasteiger partial charge in [0.05, 0.1) is 5.56 Å². The Morgan fingerprint density at radius 3 is 2.20 bits per heavy atom. The van der Waals surface area contributed by atoms with Crippen molar-refractivity contribution in [2.75, 3.05) is 0 Å². The molecule has 0 N–H and O–H groups in total. The Hall–Kier alpha value is -1.72. The largest absolute Gasteiger partial charge is 0.192 e. The molecule has 2 aromatic rings. The highest BCUT2D eigenvalue weighted by Crippen LogP contribution is 2.32. The number of hydrogen-bond donors (Lipinski definition) is 0. The summed E-state index contributed by atoms with van der Waals surface area (Å²) in [5.41, 5.74) is 3.41. The summed E-state index contributed by atoms with van der Waals surface area (Å²) in [4.78, 5) is 2.19. The summed E-state index contributed by atoms with van der Waals surface area (Å²) in [5.74, 6) is 0. The van der Waals surface area contributed by atoms with Crippen molar-refractivity contribution in [2.24, 2.45) is 0 Å². The van der Waals surface area contributed by atoms with Gasteiger partial charge in [0.15, 0.2) is 0 Å². The third-order valence-corrected chi connectivity index (χ3v) is 4.27. The first-order valence-corrected chi connectivity index (χ1v) is 7.51. The molecule has 0 aliphatic carbocycles. The van der Waals surface area contributed by atoms with Crippen LogP contribution in [0.5, 0.6) is 0 Å². The Balaban J connectivity index is 2.27. The van der Waals surface area contributed by atoms with Crippen LogP contribution < -0.4 is 0 Å². The Bertz CT molecular complexity index is 643. The second kappa shape index (κ2) is 5.73. The van der Waals surface area contributed by atoms with Crippen LogP contribution in [0.3, 0.4) is 0 Å². The van der Waals surface area contributed by atoms with Crippen molar-refractivity contribution in [3.8, 4) is 6.07 Å². The van der Waals surface area contributed by atoms with Gasteiger partial charge in [0.1, 0.15) is 6.07 Å². The second-order valence-electron chi connectivity index (χ2n) is 5.99. The monoisotopic (exact) mass is 281 g/mol. The zero-order valence-electron chi connectivity index (χ0n) is 12.4. The van der Waals surface area contributed by atoms with Crippen molar-refractivity contribution >= 4 is 11.8 Å². The fourth-order valence-corrected chi connectivity index (χ4v) is 2.95. The van der Waals surface area contributed by atoms with Crippen LogP contribution in [-0.2, 0) is 5.41 Å². The molecule has 1 nitrogen and oxygen atoms in total. The minimum Gasteiger partial charge on any atom is -0.192 e. The molecule has 0 radical (unpaired) electrons. The third-order valence-electron chi connectivity index (χ3n) is 3.21. The van der Waals surface area contributed by atoms with Crippen molar-refractivity contribution in [1.82, 2.24) is 0 Å². The lowest BCUT2D eigenvalue weighted by atomic mass is 9.87. The van der Waals surface area contributed by atoms with Gasteiger partial charge in [-0.3, -0.25) is 0 Å². The maximum Gasteiger partial charge on any atom is 0.100 e. The van der Waals surface area contributed by atoms with Crippen molar-refractivity contribution < 1.29 is 0 Å². The van der Waals surface area contributed by atoms with E-state index in [-0.39, 0.29) is 5.41 Å². The van der Waals surface area contributed by atoms with Gasteiger partial charge in [-0.05, 0) is 47.7 Å². The summed E-state index contributed by atoms with van der Waals surface area (Å²) in [6.45, 7) is 8.68. The van der Waals surface area contributed by atoms with Crippen molar-refractivity contribution in [1.29, 1.82) is 5.26 Å². The van der Waals surface area contributed by atoms with Crippen molar-refractivity contribution in [2.45, 2.75) is 42.9 Å². The minimum atomic E-state index is 0.171. The second-order valence-corrected chi connectivity index (χ2v) is 7.10. The van der Waals surface area contributed by atoms with Gasteiger partial charge in [0.25, 0.3) is 0 Å². The SMILES string of the molecule is Cc1ccc(C#N)c(Sc2ccc(C(C)(C)C)cc2)c1. The molecule has 102 valence electrons. The van der Waals surface area contributed by atoms with Gasteiger partial charge in [-0.15, -0.1) is 0 Å². The number of benzene rings is 2. The minimum absolute atomic E-state index is 0.171. The molecule has 0 atom stereocenters. The quantitative estimate of drug-likeness (QED) is 0.744. The number of rotatable bonds is 2. The molecule has 0 saturated heterocycles. The van der Waals surface area contributed by atoms with Crippen molar-refractivity contribution in [3.63, 3.8) is 0 Å². The highest BCUT2D eigenvalue weighted by Gasteiger charge is 2.13. The van der Waals surface area contributed by atoms with Gasteiger partial charge in [-0.25, -0.2) is 0 Å². The smallest absolute Gasteiger partial charge is 0.100 e. The fraction of sp³-hybridized carbons (Fsp3) is 0.278. The van der Waals surface area contributed by atoms with Gasteiger partial charge < -0.3 is 0 Å². The van der Waals surface area contributed by atoms with E-state index >= 15 is 0 Å². The average molecular weight is 281 g/mol. The van der Waals surface area contributed by atoms with Crippen LogP contribution in [0.15, 0.2) is 52.3 Å². The molecule has 0 heterocycles. The molecular weight excluding hydrogens is 262 g/mol. The van der Waals surface area contributed by atoms with E-state index in [9.17, 15) is 5.26 Å². The molecule has 2 aromatic carbocycles. The van der Waals surface area contributed by atoms with E-state index < -0.39 is 0 Å². The van der Waals surface area contributed by atoms with E-state index in [1.54, 1.807) is 11.8 Å².